The Morgan fingerprint density at radius 3 is 2.76 bits per heavy atom. The van der Waals surface area contributed by atoms with E-state index in [-0.39, 0.29) is 11.8 Å². The lowest BCUT2D eigenvalue weighted by Gasteiger charge is -2.08. The highest BCUT2D eigenvalue weighted by Crippen LogP contribution is 2.23. The molecule has 17 heavy (non-hydrogen) atoms. The number of alkyl halides is 1. The van der Waals surface area contributed by atoms with Crippen LogP contribution < -0.4 is 5.32 Å². The number of furan rings is 1. The Balaban J connectivity index is 2.20. The van der Waals surface area contributed by atoms with Gasteiger partial charge in [0.25, 0.3) is 0 Å². The van der Waals surface area contributed by atoms with Crippen molar-refractivity contribution >= 4 is 17.5 Å². The first-order chi connectivity index (χ1) is 8.31. The molecule has 1 amide bonds. The van der Waals surface area contributed by atoms with Gasteiger partial charge in [0.05, 0.1) is 6.26 Å². The third-order valence-corrected chi connectivity index (χ3v) is 2.64. The zero-order chi connectivity index (χ0) is 12.1. The number of rotatable bonds is 4. The van der Waals surface area contributed by atoms with E-state index in [0.29, 0.717) is 6.54 Å². The molecule has 2 aromatic rings. The van der Waals surface area contributed by atoms with Gasteiger partial charge in [0.15, 0.2) is 0 Å². The van der Waals surface area contributed by atoms with Gasteiger partial charge < -0.3 is 9.73 Å². The van der Waals surface area contributed by atoms with Crippen LogP contribution in [0.5, 0.6) is 0 Å². The molecule has 1 aromatic carbocycles. The Kier molecular flexibility index (Phi) is 3.83. The van der Waals surface area contributed by atoms with Gasteiger partial charge >= 0.3 is 0 Å². The van der Waals surface area contributed by atoms with Crippen molar-refractivity contribution in [1.29, 1.82) is 0 Å². The van der Waals surface area contributed by atoms with E-state index in [4.69, 9.17) is 16.0 Å². The molecule has 0 atom stereocenters. The summed E-state index contributed by atoms with van der Waals surface area (Å²) in [4.78, 5) is 11.1. The maximum atomic E-state index is 11.1. The van der Waals surface area contributed by atoms with Crippen molar-refractivity contribution in [2.24, 2.45) is 0 Å². The fourth-order valence-corrected chi connectivity index (χ4v) is 1.68. The zero-order valence-corrected chi connectivity index (χ0v) is 9.91. The number of hydrogen-bond donors (Lipinski definition) is 1. The largest absolute Gasteiger partial charge is 0.464 e. The maximum Gasteiger partial charge on any atom is 0.235 e. The molecule has 0 saturated carbocycles. The lowest BCUT2D eigenvalue weighted by Crippen LogP contribution is -2.23. The molecule has 3 nitrogen and oxygen atoms in total. The number of amides is 1. The van der Waals surface area contributed by atoms with E-state index < -0.39 is 0 Å². The Labute approximate surface area is 104 Å². The van der Waals surface area contributed by atoms with Gasteiger partial charge in [0, 0.05) is 12.1 Å². The Hall–Kier alpha value is -1.74. The summed E-state index contributed by atoms with van der Waals surface area (Å²) in [6.07, 6.45) is 1.63. The molecule has 88 valence electrons. The van der Waals surface area contributed by atoms with Gasteiger partial charge in [0.1, 0.15) is 11.6 Å². The predicted octanol–water partition coefficient (Wildman–Crippen LogP) is 2.80. The summed E-state index contributed by atoms with van der Waals surface area (Å²) in [6, 6.07) is 11.5. The molecule has 0 fully saturated rings. The van der Waals surface area contributed by atoms with Crippen LogP contribution in [0.25, 0.3) is 11.3 Å². The molecule has 2 rings (SSSR count). The molecule has 0 radical (unpaired) electrons. The van der Waals surface area contributed by atoms with Crippen LogP contribution in [0.3, 0.4) is 0 Å². The maximum absolute atomic E-state index is 11.1. The van der Waals surface area contributed by atoms with Crippen molar-refractivity contribution in [3.05, 3.63) is 48.2 Å². The standard InChI is InChI=1S/C13H12ClNO2/c14-8-13(16)15-9-10-4-1-2-5-11(10)12-6-3-7-17-12/h1-7H,8-9H2,(H,15,16). The molecule has 0 aliphatic heterocycles. The van der Waals surface area contributed by atoms with E-state index in [1.54, 1.807) is 6.26 Å². The van der Waals surface area contributed by atoms with Crippen LogP contribution in [-0.4, -0.2) is 11.8 Å². The molecule has 0 unspecified atom stereocenters. The highest BCUT2D eigenvalue weighted by Gasteiger charge is 2.07. The van der Waals surface area contributed by atoms with E-state index >= 15 is 0 Å². The van der Waals surface area contributed by atoms with Gasteiger partial charge in [-0.3, -0.25) is 4.79 Å². The molecular formula is C13H12ClNO2. The van der Waals surface area contributed by atoms with Crippen LogP contribution in [0.2, 0.25) is 0 Å². The van der Waals surface area contributed by atoms with E-state index in [9.17, 15) is 4.79 Å². The van der Waals surface area contributed by atoms with Crippen LogP contribution in [0, 0.1) is 0 Å². The molecule has 0 spiro atoms. The lowest BCUT2D eigenvalue weighted by atomic mass is 10.1. The first kappa shape index (κ1) is 11.7. The third-order valence-electron chi connectivity index (χ3n) is 2.40. The molecule has 4 heteroatoms. The van der Waals surface area contributed by atoms with Crippen LogP contribution in [-0.2, 0) is 11.3 Å². The predicted molar refractivity (Wildman–Crippen MR) is 66.7 cm³/mol. The smallest absolute Gasteiger partial charge is 0.235 e. The Bertz CT molecular complexity index is 494. The highest BCUT2D eigenvalue weighted by molar-refractivity contribution is 6.27. The zero-order valence-electron chi connectivity index (χ0n) is 9.15. The number of nitrogens with one attached hydrogen (secondary N) is 1. The number of carbonyl (C=O) groups is 1. The van der Waals surface area contributed by atoms with Gasteiger partial charge in [-0.2, -0.15) is 0 Å². The minimum atomic E-state index is -0.180. The quantitative estimate of drug-likeness (QED) is 0.847. The van der Waals surface area contributed by atoms with Gasteiger partial charge in [-0.1, -0.05) is 24.3 Å². The van der Waals surface area contributed by atoms with Crippen LogP contribution >= 0.6 is 11.6 Å². The lowest BCUT2D eigenvalue weighted by molar-refractivity contribution is -0.118. The van der Waals surface area contributed by atoms with Crippen molar-refractivity contribution in [2.75, 3.05) is 5.88 Å². The third kappa shape index (κ3) is 2.88. The molecule has 0 aliphatic carbocycles. The summed E-state index contributed by atoms with van der Waals surface area (Å²) in [5.41, 5.74) is 1.98. The van der Waals surface area contributed by atoms with Crippen LogP contribution in [0.4, 0.5) is 0 Å². The van der Waals surface area contributed by atoms with Crippen molar-refractivity contribution in [1.82, 2.24) is 5.32 Å². The summed E-state index contributed by atoms with van der Waals surface area (Å²) in [7, 11) is 0. The van der Waals surface area contributed by atoms with Crippen molar-refractivity contribution in [2.45, 2.75) is 6.54 Å². The van der Waals surface area contributed by atoms with E-state index in [1.807, 2.05) is 36.4 Å². The summed E-state index contributed by atoms with van der Waals surface area (Å²) >= 11 is 5.43. The monoisotopic (exact) mass is 249 g/mol. The molecule has 1 aromatic heterocycles. The van der Waals surface area contributed by atoms with Crippen LogP contribution in [0.1, 0.15) is 5.56 Å². The number of halogens is 1. The molecule has 0 aliphatic rings. The molecule has 1 heterocycles. The molecule has 1 N–H and O–H groups in total. The normalized spacial score (nSPS) is 10.2. The van der Waals surface area contributed by atoms with Crippen molar-refractivity contribution < 1.29 is 9.21 Å². The number of carbonyl (C=O) groups excluding carboxylic acids is 1. The highest BCUT2D eigenvalue weighted by atomic mass is 35.5. The average Bonchev–Trinajstić information content (AvgIpc) is 2.90. The minimum absolute atomic E-state index is 0.0249. The van der Waals surface area contributed by atoms with Gasteiger partial charge in [-0.05, 0) is 17.7 Å². The van der Waals surface area contributed by atoms with E-state index in [0.717, 1.165) is 16.9 Å². The number of hydrogen-bond acceptors (Lipinski definition) is 2. The van der Waals surface area contributed by atoms with E-state index in [1.165, 1.54) is 0 Å². The second-order valence-corrected chi connectivity index (χ2v) is 3.81. The second-order valence-electron chi connectivity index (χ2n) is 3.54. The first-order valence-electron chi connectivity index (χ1n) is 5.25. The second kappa shape index (κ2) is 5.55. The summed E-state index contributed by atoms with van der Waals surface area (Å²) in [5, 5.41) is 2.74. The van der Waals surface area contributed by atoms with Crippen molar-refractivity contribution in [3.63, 3.8) is 0 Å². The Morgan fingerprint density at radius 2 is 2.06 bits per heavy atom. The minimum Gasteiger partial charge on any atom is -0.464 e. The Morgan fingerprint density at radius 1 is 1.24 bits per heavy atom. The van der Waals surface area contributed by atoms with Gasteiger partial charge in [-0.15, -0.1) is 11.6 Å². The summed E-state index contributed by atoms with van der Waals surface area (Å²) in [5.74, 6) is 0.588. The fraction of sp³-hybridized carbons (Fsp3) is 0.154. The molecule has 0 saturated heterocycles. The SMILES string of the molecule is O=C(CCl)NCc1ccccc1-c1ccco1. The fourth-order valence-electron chi connectivity index (χ4n) is 1.59. The molecular weight excluding hydrogens is 238 g/mol. The van der Waals surface area contributed by atoms with Crippen LogP contribution in [0.15, 0.2) is 47.1 Å². The summed E-state index contributed by atoms with van der Waals surface area (Å²) in [6.45, 7) is 0.447. The number of benzene rings is 1. The first-order valence-corrected chi connectivity index (χ1v) is 5.79. The van der Waals surface area contributed by atoms with E-state index in [2.05, 4.69) is 5.32 Å². The van der Waals surface area contributed by atoms with Gasteiger partial charge in [-0.25, -0.2) is 0 Å². The topological polar surface area (TPSA) is 42.2 Å². The van der Waals surface area contributed by atoms with Crippen molar-refractivity contribution in [3.8, 4) is 11.3 Å². The average molecular weight is 250 g/mol. The van der Waals surface area contributed by atoms with Gasteiger partial charge in [0.2, 0.25) is 5.91 Å². The molecule has 0 bridgehead atoms. The summed E-state index contributed by atoms with van der Waals surface area (Å²) < 4.78 is 5.35.